The normalized spacial score (nSPS) is 17.3. The quantitative estimate of drug-likeness (QED) is 0.269. The van der Waals surface area contributed by atoms with Crippen LogP contribution in [0.3, 0.4) is 0 Å². The largest absolute Gasteiger partial charge is 0.382 e. The summed E-state index contributed by atoms with van der Waals surface area (Å²) >= 11 is 0. The summed E-state index contributed by atoms with van der Waals surface area (Å²) in [7, 11) is 1.68. The smallest absolute Gasteiger partial charge is 0.194 e. The fraction of sp³-hybridized carbons (Fsp3) is 0.632. The summed E-state index contributed by atoms with van der Waals surface area (Å²) in [6.07, 6.45) is 1.09. The molecule has 5 nitrogen and oxygen atoms in total. The summed E-state index contributed by atoms with van der Waals surface area (Å²) < 4.78 is 24.3. The second kappa shape index (κ2) is 12.5. The van der Waals surface area contributed by atoms with E-state index in [4.69, 9.17) is 9.47 Å². The topological polar surface area (TPSA) is 46.1 Å². The maximum atomic E-state index is 13.7. The van der Waals surface area contributed by atoms with Crippen LogP contribution >= 0.6 is 24.0 Å². The molecule has 7 heteroatoms. The van der Waals surface area contributed by atoms with Gasteiger partial charge in [0, 0.05) is 32.7 Å². The Kier molecular flexibility index (Phi) is 11.1. The Hall–Kier alpha value is -0.930. The molecule has 0 radical (unpaired) electrons. The lowest BCUT2D eigenvalue weighted by atomic mass is 10.1. The van der Waals surface area contributed by atoms with E-state index in [1.807, 2.05) is 6.07 Å². The lowest BCUT2D eigenvalue weighted by molar-refractivity contribution is 0.0536. The van der Waals surface area contributed by atoms with Crippen molar-refractivity contribution in [2.75, 3.05) is 46.6 Å². The van der Waals surface area contributed by atoms with Crippen LogP contribution in [0.2, 0.25) is 0 Å². The molecule has 1 atom stereocenters. The highest BCUT2D eigenvalue weighted by Crippen LogP contribution is 2.17. The van der Waals surface area contributed by atoms with Crippen molar-refractivity contribution in [2.24, 2.45) is 10.9 Å². The molecule has 1 saturated heterocycles. The zero-order valence-electron chi connectivity index (χ0n) is 16.0. The Labute approximate surface area is 173 Å². The highest BCUT2D eigenvalue weighted by atomic mass is 127. The number of rotatable bonds is 8. The molecule has 2 rings (SSSR count). The van der Waals surface area contributed by atoms with Gasteiger partial charge in [-0.2, -0.15) is 0 Å². The van der Waals surface area contributed by atoms with Crippen molar-refractivity contribution in [2.45, 2.75) is 26.8 Å². The number of benzene rings is 1. The molecule has 1 aromatic carbocycles. The van der Waals surface area contributed by atoms with E-state index in [1.54, 1.807) is 26.2 Å². The molecule has 0 spiro atoms. The minimum Gasteiger partial charge on any atom is -0.382 e. The maximum absolute atomic E-state index is 13.7. The summed E-state index contributed by atoms with van der Waals surface area (Å²) in [5, 5.41) is 3.34. The number of aliphatic imine (C=N–C) groups is 1. The molecular weight excluding hydrogens is 448 g/mol. The standard InChI is InChI=1S/C19H30FN3O2.HI/c1-4-21-19(22-12-16-6-5-15(2)18(20)11-16)23-8-7-17(13-23)14-25-10-9-24-3;/h5-6,11,17H,4,7-10,12-14H2,1-3H3,(H,21,22);1H. The third-order valence-corrected chi connectivity index (χ3v) is 4.35. The summed E-state index contributed by atoms with van der Waals surface area (Å²) in [5.41, 5.74) is 1.55. The molecule has 1 heterocycles. The molecule has 0 saturated carbocycles. The van der Waals surface area contributed by atoms with Gasteiger partial charge in [-0.05, 0) is 37.5 Å². The van der Waals surface area contributed by atoms with Crippen LogP contribution in [0.1, 0.15) is 24.5 Å². The molecule has 1 aliphatic rings. The first kappa shape index (κ1) is 23.1. The number of ether oxygens (including phenoxy) is 2. The zero-order valence-corrected chi connectivity index (χ0v) is 18.3. The van der Waals surface area contributed by atoms with E-state index in [1.165, 1.54) is 0 Å². The second-order valence-corrected chi connectivity index (χ2v) is 6.42. The predicted octanol–water partition coefficient (Wildman–Crippen LogP) is 3.20. The minimum atomic E-state index is -0.174. The van der Waals surface area contributed by atoms with Crippen LogP contribution in [-0.4, -0.2) is 57.4 Å². The number of likely N-dealkylation sites (tertiary alicyclic amines) is 1. The summed E-state index contributed by atoms with van der Waals surface area (Å²) in [6.45, 7) is 9.04. The Balaban J connectivity index is 0.00000338. The number of nitrogens with one attached hydrogen (secondary N) is 1. The van der Waals surface area contributed by atoms with Crippen LogP contribution in [0.15, 0.2) is 23.2 Å². The molecule has 1 aliphatic heterocycles. The molecule has 1 N–H and O–H groups in total. The number of halogens is 2. The summed E-state index contributed by atoms with van der Waals surface area (Å²) in [6, 6.07) is 5.30. The average Bonchev–Trinajstić information content (AvgIpc) is 3.07. The molecule has 1 aromatic rings. The van der Waals surface area contributed by atoms with Gasteiger partial charge in [0.1, 0.15) is 5.82 Å². The zero-order chi connectivity index (χ0) is 18.1. The summed E-state index contributed by atoms with van der Waals surface area (Å²) in [4.78, 5) is 6.95. The first-order valence-corrected chi connectivity index (χ1v) is 8.99. The Bertz CT molecular complexity index is 572. The molecular formula is C19H31FIN3O2. The van der Waals surface area contributed by atoms with E-state index in [0.717, 1.165) is 44.2 Å². The van der Waals surface area contributed by atoms with Crippen molar-refractivity contribution in [3.8, 4) is 0 Å². The van der Waals surface area contributed by atoms with E-state index in [-0.39, 0.29) is 29.8 Å². The van der Waals surface area contributed by atoms with Crippen LogP contribution in [0.25, 0.3) is 0 Å². The highest BCUT2D eigenvalue weighted by Gasteiger charge is 2.24. The van der Waals surface area contributed by atoms with Crippen LogP contribution in [0.4, 0.5) is 4.39 Å². The number of nitrogens with zero attached hydrogens (tertiary/aromatic N) is 2. The summed E-state index contributed by atoms with van der Waals surface area (Å²) in [5.74, 6) is 1.23. The SMILES string of the molecule is CCNC(=NCc1ccc(C)c(F)c1)N1CCC(COCCOC)C1.I. The highest BCUT2D eigenvalue weighted by molar-refractivity contribution is 14.0. The van der Waals surface area contributed by atoms with Crippen LogP contribution < -0.4 is 5.32 Å². The molecule has 148 valence electrons. The first-order chi connectivity index (χ1) is 12.1. The molecule has 26 heavy (non-hydrogen) atoms. The van der Waals surface area contributed by atoms with Crippen molar-refractivity contribution in [1.29, 1.82) is 0 Å². The van der Waals surface area contributed by atoms with Gasteiger partial charge >= 0.3 is 0 Å². The second-order valence-electron chi connectivity index (χ2n) is 6.42. The predicted molar refractivity (Wildman–Crippen MR) is 114 cm³/mol. The molecule has 0 bridgehead atoms. The van der Waals surface area contributed by atoms with Gasteiger partial charge in [-0.3, -0.25) is 0 Å². The Morgan fingerprint density at radius 3 is 2.88 bits per heavy atom. The van der Waals surface area contributed by atoms with Gasteiger partial charge in [-0.1, -0.05) is 12.1 Å². The number of hydrogen-bond acceptors (Lipinski definition) is 3. The van der Waals surface area contributed by atoms with E-state index in [2.05, 4.69) is 22.1 Å². The van der Waals surface area contributed by atoms with Gasteiger partial charge in [-0.15, -0.1) is 24.0 Å². The van der Waals surface area contributed by atoms with Crippen molar-refractivity contribution in [3.05, 3.63) is 35.1 Å². The van der Waals surface area contributed by atoms with Crippen LogP contribution in [-0.2, 0) is 16.0 Å². The van der Waals surface area contributed by atoms with E-state index >= 15 is 0 Å². The monoisotopic (exact) mass is 479 g/mol. The van der Waals surface area contributed by atoms with Crippen LogP contribution in [0.5, 0.6) is 0 Å². The number of methoxy groups -OCH3 is 1. The minimum absolute atomic E-state index is 0. The molecule has 1 fully saturated rings. The van der Waals surface area contributed by atoms with Gasteiger partial charge in [0.15, 0.2) is 5.96 Å². The van der Waals surface area contributed by atoms with Crippen molar-refractivity contribution in [3.63, 3.8) is 0 Å². The number of guanidine groups is 1. The number of aryl methyl sites for hydroxylation is 1. The number of hydrogen-bond donors (Lipinski definition) is 1. The average molecular weight is 479 g/mol. The van der Waals surface area contributed by atoms with E-state index in [9.17, 15) is 4.39 Å². The van der Waals surface area contributed by atoms with Gasteiger partial charge < -0.3 is 19.7 Å². The van der Waals surface area contributed by atoms with Crippen molar-refractivity contribution in [1.82, 2.24) is 10.2 Å². The van der Waals surface area contributed by atoms with Gasteiger partial charge in [0.05, 0.1) is 26.4 Å². The first-order valence-electron chi connectivity index (χ1n) is 8.99. The Morgan fingerprint density at radius 1 is 1.38 bits per heavy atom. The molecule has 0 aromatic heterocycles. The fourth-order valence-corrected chi connectivity index (χ4v) is 2.88. The third-order valence-electron chi connectivity index (χ3n) is 4.35. The molecule has 0 amide bonds. The fourth-order valence-electron chi connectivity index (χ4n) is 2.88. The molecule has 1 unspecified atom stereocenters. The van der Waals surface area contributed by atoms with E-state index in [0.29, 0.717) is 31.2 Å². The molecule has 0 aliphatic carbocycles. The van der Waals surface area contributed by atoms with Gasteiger partial charge in [0.2, 0.25) is 0 Å². The maximum Gasteiger partial charge on any atom is 0.194 e. The van der Waals surface area contributed by atoms with Crippen molar-refractivity contribution < 1.29 is 13.9 Å². The third kappa shape index (κ3) is 7.36. The van der Waals surface area contributed by atoms with Gasteiger partial charge in [-0.25, -0.2) is 9.38 Å². The van der Waals surface area contributed by atoms with Gasteiger partial charge in [0.25, 0.3) is 0 Å². The lowest BCUT2D eigenvalue weighted by Gasteiger charge is -2.21. The van der Waals surface area contributed by atoms with Crippen LogP contribution in [0, 0.1) is 18.7 Å². The van der Waals surface area contributed by atoms with Crippen molar-refractivity contribution >= 4 is 29.9 Å². The lowest BCUT2D eigenvalue weighted by Crippen LogP contribution is -2.40. The van der Waals surface area contributed by atoms with E-state index < -0.39 is 0 Å². The Morgan fingerprint density at radius 2 is 2.19 bits per heavy atom.